The van der Waals surface area contributed by atoms with Gasteiger partial charge in [0.1, 0.15) is 0 Å². The molecule has 0 heterocycles. The van der Waals surface area contributed by atoms with Gasteiger partial charge in [0.05, 0.1) is 0 Å². The van der Waals surface area contributed by atoms with Gasteiger partial charge in [-0.25, -0.2) is 0 Å². The first-order valence-electron chi connectivity index (χ1n) is 0.855. The normalized spacial score (nSPS) is 5.25. The van der Waals surface area contributed by atoms with E-state index in [0.717, 1.165) is 0 Å². The van der Waals surface area contributed by atoms with Crippen molar-refractivity contribution in [1.82, 2.24) is 0 Å². The van der Waals surface area contributed by atoms with Crippen LogP contribution >= 0.6 is 0 Å². The van der Waals surface area contributed by atoms with E-state index in [0.29, 0.717) is 5.32 Å². The molecule has 26 valence electrons. The number of hydrogen-bond acceptors (Lipinski definition) is 0. The molecule has 0 amide bonds. The molecule has 0 N–H and O–H groups in total. The second kappa shape index (κ2) is 3.08. The van der Waals surface area contributed by atoms with Crippen LogP contribution in [0, 0.1) is 12.3 Å². The third-order valence-electron chi connectivity index (χ3n) is 0.0615. The molecule has 0 nitrogen and oxygen atoms in total. The van der Waals surface area contributed by atoms with Crippen molar-refractivity contribution >= 4 is 0 Å². The minimum absolute atomic E-state index is 0.410. The van der Waals surface area contributed by atoms with Gasteiger partial charge in [-0.05, 0) is 0 Å². The third-order valence-corrected chi connectivity index (χ3v) is 0.254. The van der Waals surface area contributed by atoms with E-state index in [-0.39, 0.29) is 0 Å². The molecule has 0 aliphatic heterocycles. The third kappa shape index (κ3) is 2.08. The van der Waals surface area contributed by atoms with Crippen LogP contribution < -0.4 is 0 Å². The minimum atomic E-state index is 0.410. The van der Waals surface area contributed by atoms with Crippen LogP contribution in [0.3, 0.4) is 0 Å². The summed E-state index contributed by atoms with van der Waals surface area (Å²) < 4.78 is 0. The topological polar surface area (TPSA) is 0 Å². The van der Waals surface area contributed by atoms with E-state index in [2.05, 4.69) is 28.4 Å². The van der Waals surface area contributed by atoms with Crippen molar-refractivity contribution < 1.29 is 16.0 Å². The van der Waals surface area contributed by atoms with Crippen molar-refractivity contribution in [2.24, 2.45) is 0 Å². The standard InChI is InChI=1S/C3H3.Cu/c1-3-2;/h1H,2H2;. The molecule has 0 bridgehead atoms. The van der Waals surface area contributed by atoms with Crippen LogP contribution in [0.1, 0.15) is 0 Å². The molecule has 0 atom stereocenters. The second-order valence-electron chi connectivity index (χ2n) is 0.311. The van der Waals surface area contributed by atoms with Crippen LogP contribution in [0.15, 0.2) is 0 Å². The first kappa shape index (κ1) is 4.08. The summed E-state index contributed by atoms with van der Waals surface area (Å²) in [5.41, 5.74) is 0. The molecule has 0 aromatic carbocycles. The molecular weight excluding hydrogens is 99.6 g/mol. The van der Waals surface area contributed by atoms with E-state index < -0.39 is 0 Å². The number of rotatable bonds is 0. The van der Waals surface area contributed by atoms with Crippen molar-refractivity contribution in [2.45, 2.75) is 5.32 Å². The molecule has 0 radical (unpaired) electrons. The van der Waals surface area contributed by atoms with Gasteiger partial charge in [0.2, 0.25) is 0 Å². The summed E-state index contributed by atoms with van der Waals surface area (Å²) >= 11 is 4.44. The Morgan fingerprint density at radius 2 is 2.25 bits per heavy atom. The molecule has 0 rings (SSSR count). The molecule has 0 aliphatic carbocycles. The Bertz CT molecular complexity index is 33.0. The van der Waals surface area contributed by atoms with Gasteiger partial charge in [-0.2, -0.15) is 0 Å². The maximum atomic E-state index is 4.67. The van der Waals surface area contributed by atoms with Gasteiger partial charge in [0.15, 0.2) is 0 Å². The van der Waals surface area contributed by atoms with Gasteiger partial charge in [-0.15, -0.1) is 0 Å². The average molecular weight is 103 g/mol. The average Bonchev–Trinajstić information content (AvgIpc) is 1.37. The van der Waals surface area contributed by atoms with Gasteiger partial charge >= 0.3 is 33.7 Å². The van der Waals surface area contributed by atoms with Crippen LogP contribution in [0.25, 0.3) is 0 Å². The molecular formula is C3H3Cu. The Hall–Kier alpha value is 0.0795. The Morgan fingerprint density at radius 1 is 2.00 bits per heavy atom. The summed E-state index contributed by atoms with van der Waals surface area (Å²) in [6, 6.07) is 0. The molecule has 0 saturated heterocycles. The summed E-state index contributed by atoms with van der Waals surface area (Å²) in [5, 5.41) is 0.410. The molecule has 0 unspecified atom stereocenters. The number of hydrogen-bond donors (Lipinski definition) is 0. The quantitative estimate of drug-likeness (QED) is 0.310. The zero-order valence-electron chi connectivity index (χ0n) is 2.09. The van der Waals surface area contributed by atoms with Crippen LogP contribution in [-0.4, -0.2) is 0 Å². The van der Waals surface area contributed by atoms with E-state index in [1.165, 1.54) is 0 Å². The fourth-order valence-electron chi connectivity index (χ4n) is 0. The van der Waals surface area contributed by atoms with E-state index in [1.54, 1.807) is 0 Å². The summed E-state index contributed by atoms with van der Waals surface area (Å²) in [7, 11) is 0. The summed E-state index contributed by atoms with van der Waals surface area (Å²) in [6.45, 7) is 0. The zero-order chi connectivity index (χ0) is 3.41. The Morgan fingerprint density at radius 3 is 2.25 bits per heavy atom. The molecule has 0 aromatic heterocycles. The predicted octanol–water partition coefficient (Wildman–Crippen LogP) is 0.585. The van der Waals surface area contributed by atoms with Crippen molar-refractivity contribution in [3.8, 4) is 12.3 Å². The van der Waals surface area contributed by atoms with Crippen LogP contribution in [-0.2, 0) is 16.0 Å². The fourth-order valence-corrected chi connectivity index (χ4v) is 0. The summed E-state index contributed by atoms with van der Waals surface area (Å²) in [4.78, 5) is 0. The van der Waals surface area contributed by atoms with Gasteiger partial charge in [-0.3, -0.25) is 0 Å². The number of terminal acetylenes is 1. The maximum absolute atomic E-state index is 4.67. The molecule has 0 aromatic rings. The first-order chi connectivity index (χ1) is 1.91. The SMILES string of the molecule is C#C[CH2][Cu]. The van der Waals surface area contributed by atoms with Crippen molar-refractivity contribution in [1.29, 1.82) is 0 Å². The molecule has 0 saturated carbocycles. The predicted molar refractivity (Wildman–Crippen MR) is 13.6 cm³/mol. The van der Waals surface area contributed by atoms with Crippen LogP contribution in [0.4, 0.5) is 0 Å². The molecule has 0 aliphatic rings. The Labute approximate surface area is 34.4 Å². The van der Waals surface area contributed by atoms with E-state index in [9.17, 15) is 0 Å². The summed E-state index contributed by atoms with van der Waals surface area (Å²) in [6.07, 6.45) is 4.67. The Balaban J connectivity index is 2.43. The molecule has 0 spiro atoms. The van der Waals surface area contributed by atoms with E-state index in [4.69, 9.17) is 0 Å². The molecule has 0 fully saturated rings. The van der Waals surface area contributed by atoms with Crippen molar-refractivity contribution in [3.63, 3.8) is 0 Å². The second-order valence-corrected chi connectivity index (χ2v) is 0.644. The fraction of sp³-hybridized carbons (Fsp3) is 0.333. The molecule has 4 heavy (non-hydrogen) atoms. The van der Waals surface area contributed by atoms with Gasteiger partial charge in [0, 0.05) is 0 Å². The zero-order valence-corrected chi connectivity index (χ0v) is 3.03. The molecule has 1 heteroatoms. The first-order valence-corrected chi connectivity index (χ1v) is 1.52. The monoisotopic (exact) mass is 102 g/mol. The van der Waals surface area contributed by atoms with E-state index in [1.807, 2.05) is 0 Å². The summed E-state index contributed by atoms with van der Waals surface area (Å²) in [5.74, 6) is 2.24. The Kier molecular flexibility index (Phi) is 3.14. The van der Waals surface area contributed by atoms with Gasteiger partial charge in [-0.1, -0.05) is 0 Å². The van der Waals surface area contributed by atoms with Crippen molar-refractivity contribution in [2.75, 3.05) is 0 Å². The van der Waals surface area contributed by atoms with E-state index >= 15 is 0 Å². The van der Waals surface area contributed by atoms with Crippen LogP contribution in [0.5, 0.6) is 0 Å². The van der Waals surface area contributed by atoms with Gasteiger partial charge in [0.25, 0.3) is 0 Å². The van der Waals surface area contributed by atoms with Gasteiger partial charge < -0.3 is 0 Å². The van der Waals surface area contributed by atoms with Crippen LogP contribution in [0.2, 0.25) is 5.32 Å². The van der Waals surface area contributed by atoms with Crippen molar-refractivity contribution in [3.05, 3.63) is 0 Å².